The van der Waals surface area contributed by atoms with E-state index >= 15 is 0 Å². The summed E-state index contributed by atoms with van der Waals surface area (Å²) in [6.07, 6.45) is 0. The number of nitrogen functional groups attached to an aromatic ring is 1. The van der Waals surface area contributed by atoms with Crippen LogP contribution in [-0.2, 0) is 30.4 Å². The first-order valence-corrected chi connectivity index (χ1v) is 13.0. The second kappa shape index (κ2) is 12.8. The third-order valence-corrected chi connectivity index (χ3v) is 7.28. The van der Waals surface area contributed by atoms with E-state index in [0.717, 1.165) is 12.1 Å². The molecule has 179 valence electrons. The molecule has 0 saturated carbocycles. The number of carbonyl (C=O) groups excluding carboxylic acids is 1. The molecule has 12 nitrogen and oxygen atoms in total. The summed E-state index contributed by atoms with van der Waals surface area (Å²) in [6, 6.07) is 6.95. The fraction of sp³-hybridized carbons (Fsp3) is 0.0556. The number of aryl methyl sites for hydroxylation is 1. The first kappa shape index (κ1) is 35.9. The molecular formula is C18H16N2Na3O10S3. The maximum atomic E-state index is 12.7. The van der Waals surface area contributed by atoms with Crippen molar-refractivity contribution in [2.24, 2.45) is 0 Å². The summed E-state index contributed by atoms with van der Waals surface area (Å²) in [4.78, 5) is 9.55. The Morgan fingerprint density at radius 1 is 0.778 bits per heavy atom. The van der Waals surface area contributed by atoms with Crippen molar-refractivity contribution in [3.63, 3.8) is 0 Å². The number of hydrogen-bond acceptors (Lipinski definition) is 8. The summed E-state index contributed by atoms with van der Waals surface area (Å²) in [5.74, 6) is -0.803. The van der Waals surface area contributed by atoms with Crippen LogP contribution in [0.5, 0.6) is 0 Å². The molecule has 3 radical (unpaired) electrons. The minimum absolute atomic E-state index is 0. The average molecular weight is 586 g/mol. The van der Waals surface area contributed by atoms with Crippen molar-refractivity contribution in [3.05, 3.63) is 53.6 Å². The van der Waals surface area contributed by atoms with Crippen LogP contribution >= 0.6 is 0 Å². The summed E-state index contributed by atoms with van der Waals surface area (Å²) >= 11 is 0. The molecule has 36 heavy (non-hydrogen) atoms. The zero-order valence-corrected chi connectivity index (χ0v) is 28.0. The van der Waals surface area contributed by atoms with Crippen LogP contribution in [0, 0.1) is 6.92 Å². The van der Waals surface area contributed by atoms with E-state index in [1.807, 2.05) is 0 Å². The Hall–Kier alpha value is -0.0800. The van der Waals surface area contributed by atoms with E-state index < -0.39 is 61.7 Å². The average Bonchev–Trinajstić information content (AvgIpc) is 2.66. The normalized spacial score (nSPS) is 11.6. The second-order valence-corrected chi connectivity index (χ2v) is 11.1. The maximum Gasteiger partial charge on any atom is 0.295 e. The van der Waals surface area contributed by atoms with Crippen molar-refractivity contribution in [2.45, 2.75) is 21.6 Å². The number of nitrogens with two attached hydrogens (primary N) is 1. The van der Waals surface area contributed by atoms with Crippen LogP contribution in [0.3, 0.4) is 0 Å². The number of amides is 1. The fourth-order valence-electron chi connectivity index (χ4n) is 3.05. The Morgan fingerprint density at radius 3 is 1.81 bits per heavy atom. The predicted octanol–water partition coefficient (Wildman–Crippen LogP) is 0.580. The molecule has 0 spiro atoms. The van der Waals surface area contributed by atoms with Crippen molar-refractivity contribution in [3.8, 4) is 0 Å². The van der Waals surface area contributed by atoms with Crippen molar-refractivity contribution in [2.75, 3.05) is 11.1 Å². The zero-order chi connectivity index (χ0) is 24.9. The molecule has 0 bridgehead atoms. The Labute approximate surface area is 273 Å². The van der Waals surface area contributed by atoms with Crippen molar-refractivity contribution in [1.29, 1.82) is 0 Å². The molecule has 3 aromatic rings. The van der Waals surface area contributed by atoms with E-state index in [-0.39, 0.29) is 106 Å². The summed E-state index contributed by atoms with van der Waals surface area (Å²) in [7, 11) is -15.4. The molecule has 1 amide bonds. The number of carbonyl (C=O) groups is 1. The molecule has 0 aliphatic rings. The van der Waals surface area contributed by atoms with Gasteiger partial charge in [-0.15, -0.1) is 0 Å². The molecule has 0 unspecified atom stereocenters. The summed E-state index contributed by atoms with van der Waals surface area (Å²) < 4.78 is 99.4. The quantitative estimate of drug-likeness (QED) is 0.158. The molecule has 0 saturated heterocycles. The number of rotatable bonds is 5. The largest absolute Gasteiger partial charge is 0.398 e. The molecular weight excluding hydrogens is 569 g/mol. The number of fused-ring (bicyclic) bond motifs is 1. The van der Waals surface area contributed by atoms with Crippen LogP contribution in [0.15, 0.2) is 57.2 Å². The molecule has 0 fully saturated rings. The van der Waals surface area contributed by atoms with Crippen LogP contribution < -0.4 is 11.1 Å². The summed E-state index contributed by atoms with van der Waals surface area (Å²) in [5.41, 5.74) is 6.44. The molecule has 0 aliphatic heterocycles. The van der Waals surface area contributed by atoms with Gasteiger partial charge in [0, 0.05) is 111 Å². The van der Waals surface area contributed by atoms with E-state index in [1.54, 1.807) is 13.0 Å². The SMILES string of the molecule is Cc1ccc(C(=O)Nc2ccc(S(=O)(=O)O)c3cc(S(=O)(=O)O)cc(S(=O)(=O)O)c23)cc1N.[Na].[Na].[Na]. The summed E-state index contributed by atoms with van der Waals surface area (Å²) in [5, 5.41) is 1.00. The monoisotopic (exact) mass is 585 g/mol. The molecule has 18 heteroatoms. The Balaban J connectivity index is 0.00000408. The van der Waals surface area contributed by atoms with Crippen LogP contribution in [0.2, 0.25) is 0 Å². The number of anilines is 2. The number of benzene rings is 3. The molecule has 0 atom stereocenters. The van der Waals surface area contributed by atoms with Crippen molar-refractivity contribution < 1.29 is 43.7 Å². The van der Waals surface area contributed by atoms with E-state index in [1.165, 1.54) is 12.1 Å². The van der Waals surface area contributed by atoms with Gasteiger partial charge in [-0.25, -0.2) is 0 Å². The second-order valence-electron chi connectivity index (χ2n) is 6.91. The Morgan fingerprint density at radius 2 is 1.33 bits per heavy atom. The van der Waals surface area contributed by atoms with E-state index in [9.17, 15) is 43.7 Å². The minimum atomic E-state index is -5.23. The van der Waals surface area contributed by atoms with E-state index in [0.29, 0.717) is 17.7 Å². The van der Waals surface area contributed by atoms with Gasteiger partial charge < -0.3 is 11.1 Å². The van der Waals surface area contributed by atoms with E-state index in [2.05, 4.69) is 5.32 Å². The molecule has 0 aliphatic carbocycles. The van der Waals surface area contributed by atoms with Gasteiger partial charge in [-0.1, -0.05) is 6.07 Å². The van der Waals surface area contributed by atoms with Crippen LogP contribution in [0.4, 0.5) is 11.4 Å². The van der Waals surface area contributed by atoms with Gasteiger partial charge in [-0.2, -0.15) is 25.3 Å². The van der Waals surface area contributed by atoms with Gasteiger partial charge in [-0.3, -0.25) is 18.5 Å². The standard InChI is InChI=1S/C18H16N2O10S3.3Na/c1-9-2-3-10(6-13(9)19)18(21)20-14-4-5-15(32(25,26)27)12-7-11(31(22,23)24)8-16(17(12)14)33(28,29)30;;;/h2-8H,19H2,1H3,(H,20,21)(H,22,23,24)(H,25,26,27)(H,28,29,30);;;. The molecule has 3 rings (SSSR count). The smallest absolute Gasteiger partial charge is 0.295 e. The third kappa shape index (κ3) is 7.97. The predicted molar refractivity (Wildman–Crippen MR) is 134 cm³/mol. The molecule has 0 aromatic heterocycles. The van der Waals surface area contributed by atoms with Crippen molar-refractivity contribution >= 4 is 147 Å². The molecule has 6 N–H and O–H groups in total. The third-order valence-electron chi connectivity index (χ3n) is 4.66. The first-order chi connectivity index (χ1) is 15.0. The van der Waals surface area contributed by atoms with Gasteiger partial charge in [0.05, 0.1) is 10.6 Å². The molecule has 0 heterocycles. The van der Waals surface area contributed by atoms with Gasteiger partial charge in [0.25, 0.3) is 36.3 Å². The maximum absolute atomic E-state index is 12.7. The fourth-order valence-corrected chi connectivity index (χ4v) is 5.09. The number of hydrogen-bond donors (Lipinski definition) is 5. The Bertz CT molecular complexity index is 1660. The zero-order valence-electron chi connectivity index (χ0n) is 19.5. The van der Waals surface area contributed by atoms with Gasteiger partial charge >= 0.3 is 0 Å². The van der Waals surface area contributed by atoms with Gasteiger partial charge in [0.15, 0.2) is 0 Å². The van der Waals surface area contributed by atoms with Gasteiger partial charge in [0.2, 0.25) is 0 Å². The van der Waals surface area contributed by atoms with Crippen LogP contribution in [-0.4, -0.2) is 133 Å². The first-order valence-electron chi connectivity index (χ1n) is 8.71. The minimum Gasteiger partial charge on any atom is -0.398 e. The van der Waals surface area contributed by atoms with Crippen LogP contribution in [0.25, 0.3) is 10.8 Å². The van der Waals surface area contributed by atoms with Crippen molar-refractivity contribution in [1.82, 2.24) is 0 Å². The summed E-state index contributed by atoms with van der Waals surface area (Å²) in [6.45, 7) is 1.70. The van der Waals surface area contributed by atoms with E-state index in [4.69, 9.17) is 5.73 Å². The van der Waals surface area contributed by atoms with Crippen LogP contribution in [0.1, 0.15) is 15.9 Å². The Kier molecular flexibility index (Phi) is 12.8. The molecule has 3 aromatic carbocycles. The number of nitrogens with one attached hydrogen (secondary N) is 1. The van der Waals surface area contributed by atoms with Gasteiger partial charge in [0.1, 0.15) is 9.79 Å². The topological polar surface area (TPSA) is 218 Å². The van der Waals surface area contributed by atoms with Gasteiger partial charge in [-0.05, 0) is 48.9 Å².